The summed E-state index contributed by atoms with van der Waals surface area (Å²) < 4.78 is 5.36. The number of ether oxygens (including phenoxy) is 1. The van der Waals surface area contributed by atoms with E-state index >= 15 is 0 Å². The Balaban J connectivity index is 1.82. The molecule has 0 fully saturated rings. The normalized spacial score (nSPS) is 11.5. The molecule has 3 aromatic rings. The monoisotopic (exact) mass is 476 g/mol. The van der Waals surface area contributed by atoms with Crippen LogP contribution in [0.25, 0.3) is 0 Å². The van der Waals surface area contributed by atoms with Crippen molar-refractivity contribution in [1.29, 1.82) is 0 Å². The highest BCUT2D eigenvalue weighted by molar-refractivity contribution is 7.99. The van der Waals surface area contributed by atoms with E-state index < -0.39 is 6.04 Å². The minimum absolute atomic E-state index is 0.0648. The fourth-order valence-electron chi connectivity index (χ4n) is 3.83. The van der Waals surface area contributed by atoms with Crippen LogP contribution >= 0.6 is 11.8 Å². The lowest BCUT2D eigenvalue weighted by Crippen LogP contribution is -2.50. The van der Waals surface area contributed by atoms with Gasteiger partial charge in [-0.1, -0.05) is 72.3 Å². The number of hydrogen-bond donors (Lipinski definition) is 1. The Bertz CT molecular complexity index is 1090. The lowest BCUT2D eigenvalue weighted by Gasteiger charge is -2.31. The van der Waals surface area contributed by atoms with Crippen molar-refractivity contribution in [3.8, 4) is 5.75 Å². The zero-order valence-electron chi connectivity index (χ0n) is 20.0. The predicted molar refractivity (Wildman–Crippen MR) is 139 cm³/mol. The number of benzene rings is 3. The first-order valence-electron chi connectivity index (χ1n) is 11.3. The zero-order valence-corrected chi connectivity index (χ0v) is 20.8. The Labute approximate surface area is 206 Å². The van der Waals surface area contributed by atoms with E-state index in [9.17, 15) is 9.59 Å². The Hall–Kier alpha value is -3.25. The minimum Gasteiger partial charge on any atom is -0.497 e. The van der Waals surface area contributed by atoms with Crippen molar-refractivity contribution in [2.75, 3.05) is 19.9 Å². The van der Waals surface area contributed by atoms with Gasteiger partial charge in [-0.05, 0) is 35.7 Å². The van der Waals surface area contributed by atoms with Gasteiger partial charge < -0.3 is 15.0 Å². The molecule has 0 unspecified atom stereocenters. The highest BCUT2D eigenvalue weighted by atomic mass is 32.2. The molecule has 0 bridgehead atoms. The van der Waals surface area contributed by atoms with Gasteiger partial charge in [0.2, 0.25) is 11.8 Å². The maximum atomic E-state index is 13.5. The topological polar surface area (TPSA) is 58.6 Å². The number of aryl methyl sites for hydroxylation is 1. The number of amides is 2. The molecule has 178 valence electrons. The quantitative estimate of drug-likeness (QED) is 0.439. The van der Waals surface area contributed by atoms with Crippen molar-refractivity contribution in [1.82, 2.24) is 10.2 Å². The molecular formula is C28H32N2O3S. The summed E-state index contributed by atoms with van der Waals surface area (Å²) in [6, 6.07) is 25.1. The molecule has 0 aliphatic rings. The summed E-state index contributed by atoms with van der Waals surface area (Å²) in [5, 5.41) is 2.75. The third-order valence-electron chi connectivity index (χ3n) is 5.58. The molecule has 0 aliphatic carbocycles. The lowest BCUT2D eigenvalue weighted by molar-refractivity contribution is -0.139. The van der Waals surface area contributed by atoms with Crippen molar-refractivity contribution in [3.05, 3.63) is 101 Å². The molecule has 34 heavy (non-hydrogen) atoms. The van der Waals surface area contributed by atoms with Gasteiger partial charge >= 0.3 is 0 Å². The van der Waals surface area contributed by atoms with Crippen LogP contribution in [0.2, 0.25) is 0 Å². The number of nitrogens with zero attached hydrogens (tertiary/aromatic N) is 1. The van der Waals surface area contributed by atoms with Crippen LogP contribution in [-0.2, 0) is 28.3 Å². The molecular weight excluding hydrogens is 444 g/mol. The van der Waals surface area contributed by atoms with Gasteiger partial charge in [0.1, 0.15) is 11.8 Å². The molecule has 0 saturated carbocycles. The number of methoxy groups -OCH3 is 1. The molecule has 0 aliphatic heterocycles. The number of hydrogen-bond acceptors (Lipinski definition) is 4. The van der Waals surface area contributed by atoms with E-state index in [4.69, 9.17) is 4.74 Å². The largest absolute Gasteiger partial charge is 0.497 e. The van der Waals surface area contributed by atoms with E-state index in [1.807, 2.05) is 60.7 Å². The van der Waals surface area contributed by atoms with Crippen LogP contribution in [0.4, 0.5) is 0 Å². The van der Waals surface area contributed by atoms with Crippen molar-refractivity contribution in [2.45, 2.75) is 31.7 Å². The molecule has 0 aromatic heterocycles. The number of carbonyl (C=O) groups is 2. The first-order chi connectivity index (χ1) is 16.5. The van der Waals surface area contributed by atoms with Gasteiger partial charge in [0.05, 0.1) is 12.9 Å². The fraction of sp³-hybridized carbons (Fsp3) is 0.286. The van der Waals surface area contributed by atoms with E-state index in [1.54, 1.807) is 30.8 Å². The smallest absolute Gasteiger partial charge is 0.242 e. The highest BCUT2D eigenvalue weighted by Crippen LogP contribution is 2.20. The Kier molecular flexibility index (Phi) is 9.59. The second kappa shape index (κ2) is 12.8. The third kappa shape index (κ3) is 7.39. The molecule has 0 radical (unpaired) electrons. The molecule has 2 amide bonds. The number of rotatable bonds is 11. The zero-order chi connectivity index (χ0) is 24.3. The van der Waals surface area contributed by atoms with Crippen molar-refractivity contribution >= 4 is 23.6 Å². The molecule has 0 saturated heterocycles. The first kappa shape index (κ1) is 25.4. The highest BCUT2D eigenvalue weighted by Gasteiger charge is 2.29. The van der Waals surface area contributed by atoms with Crippen LogP contribution in [0, 0.1) is 6.92 Å². The Morgan fingerprint density at radius 3 is 2.35 bits per heavy atom. The second-order valence-corrected chi connectivity index (χ2v) is 9.16. The lowest BCUT2D eigenvalue weighted by atomic mass is 10.0. The maximum Gasteiger partial charge on any atom is 0.242 e. The first-order valence-corrected chi connectivity index (χ1v) is 12.5. The van der Waals surface area contributed by atoms with Gasteiger partial charge in [-0.15, -0.1) is 11.8 Å². The molecule has 0 heterocycles. The molecule has 3 aromatic carbocycles. The summed E-state index contributed by atoms with van der Waals surface area (Å²) in [5.41, 5.74) is 4.31. The fourth-order valence-corrected chi connectivity index (χ4v) is 4.69. The summed E-state index contributed by atoms with van der Waals surface area (Å²) in [4.78, 5) is 28.2. The standard InChI is InChI=1S/C28H32N2O3S/c1-21-9-7-13-24(15-21)19-34-20-27(31)30(18-23-12-8-14-25(16-23)33-3)26(28(32)29-2)17-22-10-5-4-6-11-22/h4-16,26H,17-20H2,1-3H3,(H,29,32)/t26-/m1/s1. The molecule has 0 spiro atoms. The summed E-state index contributed by atoms with van der Waals surface area (Å²) in [6.45, 7) is 2.39. The number of carbonyl (C=O) groups excluding carboxylic acids is 2. The van der Waals surface area contributed by atoms with Gasteiger partial charge in [0.25, 0.3) is 0 Å². The molecule has 1 N–H and O–H groups in total. The van der Waals surface area contributed by atoms with Crippen LogP contribution in [-0.4, -0.2) is 42.7 Å². The number of likely N-dealkylation sites (N-methyl/N-ethyl adjacent to an activating group) is 1. The third-order valence-corrected chi connectivity index (χ3v) is 6.57. The molecule has 5 nitrogen and oxygen atoms in total. The Morgan fingerprint density at radius 1 is 0.941 bits per heavy atom. The predicted octanol–water partition coefficient (Wildman–Crippen LogP) is 4.62. The summed E-state index contributed by atoms with van der Waals surface area (Å²) in [5.74, 6) is 1.51. The average molecular weight is 477 g/mol. The van der Waals surface area contributed by atoms with Crippen molar-refractivity contribution in [3.63, 3.8) is 0 Å². The molecule has 3 rings (SSSR count). The van der Waals surface area contributed by atoms with E-state index in [2.05, 4.69) is 30.4 Å². The minimum atomic E-state index is -0.620. The van der Waals surface area contributed by atoms with Crippen LogP contribution in [0.15, 0.2) is 78.9 Å². The second-order valence-electron chi connectivity index (χ2n) is 8.17. The van der Waals surface area contributed by atoms with Crippen molar-refractivity contribution in [2.24, 2.45) is 0 Å². The van der Waals surface area contributed by atoms with E-state index in [-0.39, 0.29) is 11.8 Å². The van der Waals surface area contributed by atoms with Gasteiger partial charge in [0, 0.05) is 25.8 Å². The average Bonchev–Trinajstić information content (AvgIpc) is 2.86. The van der Waals surface area contributed by atoms with Crippen LogP contribution in [0.3, 0.4) is 0 Å². The van der Waals surface area contributed by atoms with E-state index in [1.165, 1.54) is 11.1 Å². The number of nitrogens with one attached hydrogen (secondary N) is 1. The van der Waals surface area contributed by atoms with E-state index in [0.717, 1.165) is 22.6 Å². The van der Waals surface area contributed by atoms with Gasteiger partial charge in [-0.25, -0.2) is 0 Å². The van der Waals surface area contributed by atoms with E-state index in [0.29, 0.717) is 18.7 Å². The van der Waals surface area contributed by atoms with Crippen LogP contribution < -0.4 is 10.1 Å². The summed E-state index contributed by atoms with van der Waals surface area (Å²) in [7, 11) is 3.23. The molecule has 6 heteroatoms. The SMILES string of the molecule is CNC(=O)[C@@H](Cc1ccccc1)N(Cc1cccc(OC)c1)C(=O)CSCc1cccc(C)c1. The van der Waals surface area contributed by atoms with Gasteiger partial charge in [0.15, 0.2) is 0 Å². The number of thioether (sulfide) groups is 1. The summed E-state index contributed by atoms with van der Waals surface area (Å²) >= 11 is 1.57. The summed E-state index contributed by atoms with van der Waals surface area (Å²) in [6.07, 6.45) is 0.443. The van der Waals surface area contributed by atoms with Gasteiger partial charge in [-0.3, -0.25) is 9.59 Å². The van der Waals surface area contributed by atoms with Crippen molar-refractivity contribution < 1.29 is 14.3 Å². The van der Waals surface area contributed by atoms with Gasteiger partial charge in [-0.2, -0.15) is 0 Å². The molecule has 1 atom stereocenters. The maximum absolute atomic E-state index is 13.5. The van der Waals surface area contributed by atoms with Crippen LogP contribution in [0.1, 0.15) is 22.3 Å². The van der Waals surface area contributed by atoms with Crippen LogP contribution in [0.5, 0.6) is 5.75 Å². The Morgan fingerprint density at radius 2 is 1.65 bits per heavy atom.